The van der Waals surface area contributed by atoms with Crippen molar-refractivity contribution in [3.05, 3.63) is 41.7 Å². The molecule has 0 fully saturated rings. The third-order valence-corrected chi connectivity index (χ3v) is 3.86. The predicted octanol–water partition coefficient (Wildman–Crippen LogP) is 2.29. The summed E-state index contributed by atoms with van der Waals surface area (Å²) in [7, 11) is 0. The van der Waals surface area contributed by atoms with Crippen LogP contribution in [-0.4, -0.2) is 39.7 Å². The van der Waals surface area contributed by atoms with Crippen LogP contribution in [0.1, 0.15) is 29.8 Å². The molecule has 1 aromatic carbocycles. The number of amides is 3. The number of hydrogen-bond donors (Lipinski definition) is 2. The minimum absolute atomic E-state index is 0.279. The van der Waals surface area contributed by atoms with Gasteiger partial charge in [-0.05, 0) is 44.5 Å². The fourth-order valence-corrected chi connectivity index (χ4v) is 2.46. The molecular weight excluding hydrogens is 332 g/mol. The lowest BCUT2D eigenvalue weighted by Gasteiger charge is -2.23. The van der Waals surface area contributed by atoms with E-state index in [0.29, 0.717) is 24.5 Å². The van der Waals surface area contributed by atoms with Crippen LogP contribution in [0, 0.1) is 24.2 Å². The highest BCUT2D eigenvalue weighted by atomic mass is 16.2. The summed E-state index contributed by atoms with van der Waals surface area (Å²) in [5.41, 5.74) is 7.62. The number of aromatic nitrogens is 2. The van der Waals surface area contributed by atoms with Gasteiger partial charge in [-0.2, -0.15) is 10.4 Å². The van der Waals surface area contributed by atoms with E-state index in [-0.39, 0.29) is 17.5 Å². The molecular formula is C18H22N6O2. The molecule has 1 aromatic heterocycles. The Hall–Kier alpha value is -3.34. The average Bonchev–Trinajstić information content (AvgIpc) is 3.05. The van der Waals surface area contributed by atoms with Gasteiger partial charge in [-0.1, -0.05) is 0 Å². The molecule has 2 aromatic rings. The number of urea groups is 1. The Labute approximate surface area is 152 Å². The first-order chi connectivity index (χ1) is 12.3. The number of nitrogens with zero attached hydrogens (tertiary/aromatic N) is 4. The summed E-state index contributed by atoms with van der Waals surface area (Å²) < 4.78 is 1.61. The molecule has 0 saturated heterocycles. The average molecular weight is 354 g/mol. The Morgan fingerprint density at radius 2 is 2.19 bits per heavy atom. The number of anilines is 1. The lowest BCUT2D eigenvalue weighted by molar-refractivity contribution is 0.1000. The fourth-order valence-electron chi connectivity index (χ4n) is 2.46. The zero-order valence-corrected chi connectivity index (χ0v) is 15.1. The standard InChI is InChI=1S/C18H22N6O2/c1-4-23(10-12(2)8-19)18(26)22-15-7-14(17(20)25)5-6-16(15)24-11-13(3)9-21-24/h5-7,9,11-12H,4,10H2,1-3H3,(H2,20,25)(H,22,26)/t12-/m1/s1. The zero-order valence-electron chi connectivity index (χ0n) is 15.1. The SMILES string of the molecule is CCN(C[C@H](C)C#N)C(=O)Nc1cc(C(N)=O)ccc1-n1cc(C)cn1. The summed E-state index contributed by atoms with van der Waals surface area (Å²) in [4.78, 5) is 25.7. The zero-order chi connectivity index (χ0) is 19.3. The molecule has 2 rings (SSSR count). The predicted molar refractivity (Wildman–Crippen MR) is 97.9 cm³/mol. The largest absolute Gasteiger partial charge is 0.366 e. The number of carbonyl (C=O) groups excluding carboxylic acids is 2. The first kappa shape index (κ1) is 19.0. The van der Waals surface area contributed by atoms with E-state index < -0.39 is 5.91 Å². The molecule has 136 valence electrons. The smallest absolute Gasteiger partial charge is 0.321 e. The molecule has 0 spiro atoms. The number of nitrogens with two attached hydrogens (primary N) is 1. The monoisotopic (exact) mass is 354 g/mol. The van der Waals surface area contributed by atoms with Gasteiger partial charge in [0, 0.05) is 24.8 Å². The van der Waals surface area contributed by atoms with Gasteiger partial charge in [0.1, 0.15) is 0 Å². The molecule has 0 unspecified atom stereocenters. The van der Waals surface area contributed by atoms with E-state index in [1.807, 2.05) is 20.0 Å². The summed E-state index contributed by atoms with van der Waals surface area (Å²) >= 11 is 0. The maximum atomic E-state index is 12.6. The number of benzene rings is 1. The van der Waals surface area contributed by atoms with Crippen LogP contribution in [0.3, 0.4) is 0 Å². The second-order valence-electron chi connectivity index (χ2n) is 6.06. The van der Waals surface area contributed by atoms with Crippen molar-refractivity contribution in [2.45, 2.75) is 20.8 Å². The number of nitriles is 1. The molecule has 0 aliphatic heterocycles. The first-order valence-corrected chi connectivity index (χ1v) is 8.26. The molecule has 8 nitrogen and oxygen atoms in total. The van der Waals surface area contributed by atoms with Gasteiger partial charge in [0.25, 0.3) is 0 Å². The van der Waals surface area contributed by atoms with Crippen molar-refractivity contribution in [3.8, 4) is 11.8 Å². The minimum Gasteiger partial charge on any atom is -0.366 e. The van der Waals surface area contributed by atoms with E-state index in [9.17, 15) is 9.59 Å². The molecule has 26 heavy (non-hydrogen) atoms. The highest BCUT2D eigenvalue weighted by Crippen LogP contribution is 2.22. The summed E-state index contributed by atoms with van der Waals surface area (Å²) in [6.45, 7) is 6.25. The minimum atomic E-state index is -0.589. The van der Waals surface area contributed by atoms with E-state index in [0.717, 1.165) is 5.56 Å². The van der Waals surface area contributed by atoms with Crippen molar-refractivity contribution >= 4 is 17.6 Å². The fraction of sp³-hybridized carbons (Fsp3) is 0.333. The second-order valence-corrected chi connectivity index (χ2v) is 6.06. The molecule has 3 amide bonds. The van der Waals surface area contributed by atoms with Gasteiger partial charge in [-0.3, -0.25) is 4.79 Å². The van der Waals surface area contributed by atoms with E-state index in [1.54, 1.807) is 29.9 Å². The Kier molecular flexibility index (Phi) is 5.96. The number of carbonyl (C=O) groups is 2. The topological polar surface area (TPSA) is 117 Å². The molecule has 0 bridgehead atoms. The maximum Gasteiger partial charge on any atom is 0.321 e. The van der Waals surface area contributed by atoms with Crippen LogP contribution < -0.4 is 11.1 Å². The number of aryl methyl sites for hydroxylation is 1. The highest BCUT2D eigenvalue weighted by molar-refractivity contribution is 5.97. The Morgan fingerprint density at radius 3 is 2.73 bits per heavy atom. The van der Waals surface area contributed by atoms with Crippen LogP contribution >= 0.6 is 0 Å². The second kappa shape index (κ2) is 8.16. The summed E-state index contributed by atoms with van der Waals surface area (Å²) in [5, 5.41) is 16.0. The van der Waals surface area contributed by atoms with Crippen LogP contribution in [0.2, 0.25) is 0 Å². The number of primary amides is 1. The number of hydrogen-bond acceptors (Lipinski definition) is 4. The molecule has 0 saturated carbocycles. The molecule has 3 N–H and O–H groups in total. The Morgan fingerprint density at radius 1 is 1.46 bits per heavy atom. The van der Waals surface area contributed by atoms with Gasteiger partial charge in [0.05, 0.1) is 29.6 Å². The van der Waals surface area contributed by atoms with Gasteiger partial charge in [-0.25, -0.2) is 9.48 Å². The lowest BCUT2D eigenvalue weighted by atomic mass is 10.1. The van der Waals surface area contributed by atoms with Crippen LogP contribution in [-0.2, 0) is 0 Å². The van der Waals surface area contributed by atoms with E-state index in [2.05, 4.69) is 16.5 Å². The number of nitrogens with one attached hydrogen (secondary N) is 1. The van der Waals surface area contributed by atoms with E-state index in [1.165, 1.54) is 11.0 Å². The van der Waals surface area contributed by atoms with Gasteiger partial charge >= 0.3 is 6.03 Å². The lowest BCUT2D eigenvalue weighted by Crippen LogP contribution is -2.37. The van der Waals surface area contributed by atoms with E-state index in [4.69, 9.17) is 11.0 Å². The van der Waals surface area contributed by atoms with Gasteiger partial charge in [-0.15, -0.1) is 0 Å². The van der Waals surface area contributed by atoms with Crippen molar-refractivity contribution in [3.63, 3.8) is 0 Å². The van der Waals surface area contributed by atoms with Gasteiger partial charge in [0.2, 0.25) is 5.91 Å². The number of rotatable bonds is 6. The van der Waals surface area contributed by atoms with Crippen molar-refractivity contribution in [2.24, 2.45) is 11.7 Å². The first-order valence-electron chi connectivity index (χ1n) is 8.26. The van der Waals surface area contributed by atoms with Gasteiger partial charge < -0.3 is 16.0 Å². The molecule has 1 heterocycles. The quantitative estimate of drug-likeness (QED) is 0.827. The molecule has 0 aliphatic rings. The third kappa shape index (κ3) is 4.39. The molecule has 8 heteroatoms. The summed E-state index contributed by atoms with van der Waals surface area (Å²) in [6, 6.07) is 6.54. The molecule has 0 radical (unpaired) electrons. The summed E-state index contributed by atoms with van der Waals surface area (Å²) in [5.74, 6) is -0.875. The van der Waals surface area contributed by atoms with Crippen molar-refractivity contribution in [1.29, 1.82) is 5.26 Å². The van der Waals surface area contributed by atoms with Crippen LogP contribution in [0.15, 0.2) is 30.6 Å². The Balaban J connectivity index is 2.36. The van der Waals surface area contributed by atoms with Crippen molar-refractivity contribution in [1.82, 2.24) is 14.7 Å². The highest BCUT2D eigenvalue weighted by Gasteiger charge is 2.18. The molecule has 1 atom stereocenters. The van der Waals surface area contributed by atoms with Crippen LogP contribution in [0.4, 0.5) is 10.5 Å². The Bertz CT molecular complexity index is 852. The molecule has 0 aliphatic carbocycles. The van der Waals surface area contributed by atoms with Crippen LogP contribution in [0.25, 0.3) is 5.69 Å². The maximum absolute atomic E-state index is 12.6. The van der Waals surface area contributed by atoms with Crippen molar-refractivity contribution < 1.29 is 9.59 Å². The third-order valence-electron chi connectivity index (χ3n) is 3.86. The van der Waals surface area contributed by atoms with Crippen LogP contribution in [0.5, 0.6) is 0 Å². The van der Waals surface area contributed by atoms with Crippen molar-refractivity contribution in [2.75, 3.05) is 18.4 Å². The van der Waals surface area contributed by atoms with E-state index >= 15 is 0 Å². The normalized spacial score (nSPS) is 11.5. The van der Waals surface area contributed by atoms with Gasteiger partial charge in [0.15, 0.2) is 0 Å². The summed E-state index contributed by atoms with van der Waals surface area (Å²) in [6.07, 6.45) is 3.50.